The maximum absolute atomic E-state index is 11.4. The number of ketones is 1. The molecule has 1 aliphatic carbocycles. The molecule has 0 fully saturated rings. The van der Waals surface area contributed by atoms with E-state index in [9.17, 15) is 9.90 Å². The van der Waals surface area contributed by atoms with Gasteiger partial charge in [0.1, 0.15) is 0 Å². The van der Waals surface area contributed by atoms with Gasteiger partial charge in [-0.2, -0.15) is 18.2 Å². The van der Waals surface area contributed by atoms with Gasteiger partial charge in [0.05, 0.1) is 0 Å². The molecule has 0 unspecified atom stereocenters. The predicted octanol–water partition coefficient (Wildman–Crippen LogP) is 2.89. The van der Waals surface area contributed by atoms with Crippen molar-refractivity contribution in [2.24, 2.45) is 0 Å². The first-order valence-corrected chi connectivity index (χ1v) is 6.19. The van der Waals surface area contributed by atoms with Gasteiger partial charge in [-0.1, -0.05) is 32.1 Å². The fourth-order valence-electron chi connectivity index (χ4n) is 1.61. The molecule has 0 aliphatic heterocycles. The van der Waals surface area contributed by atoms with Crippen LogP contribution in [-0.4, -0.2) is 5.78 Å². The van der Waals surface area contributed by atoms with Gasteiger partial charge < -0.3 is 5.11 Å². The van der Waals surface area contributed by atoms with Gasteiger partial charge in [0, 0.05) is 12.0 Å². The Hall–Kier alpha value is -1.44. The van der Waals surface area contributed by atoms with Crippen molar-refractivity contribution in [1.29, 1.82) is 0 Å². The van der Waals surface area contributed by atoms with E-state index in [2.05, 4.69) is 0 Å². The number of allylic oxidation sites excluding steroid dienone is 6. The van der Waals surface area contributed by atoms with Crippen molar-refractivity contribution in [1.82, 2.24) is 0 Å². The molecule has 0 saturated carbocycles. The van der Waals surface area contributed by atoms with Crippen LogP contribution in [0.4, 0.5) is 0 Å². The topological polar surface area (TPSA) is 40.1 Å². The first-order chi connectivity index (χ1) is 8.70. The Balaban J connectivity index is 0.000000454. The van der Waals surface area contributed by atoms with Gasteiger partial charge in [-0.15, -0.1) is 5.76 Å². The molecule has 1 aromatic rings. The molecule has 0 radical (unpaired) electrons. The van der Waals surface area contributed by atoms with Crippen molar-refractivity contribution in [3.8, 4) is 0 Å². The molecule has 3 heteroatoms. The molecule has 0 atom stereocenters. The molecule has 0 spiro atoms. The maximum Gasteiger partial charge on any atom is 2.00 e. The van der Waals surface area contributed by atoms with Crippen LogP contribution < -0.4 is 5.11 Å². The van der Waals surface area contributed by atoms with Crippen molar-refractivity contribution >= 4 is 5.78 Å². The minimum atomic E-state index is 0. The first-order valence-electron chi connectivity index (χ1n) is 6.19. The normalized spacial score (nSPS) is 14.9. The van der Waals surface area contributed by atoms with Gasteiger partial charge in [-0.3, -0.25) is 4.79 Å². The van der Waals surface area contributed by atoms with Gasteiger partial charge in [0.25, 0.3) is 0 Å². The second-order valence-electron chi connectivity index (χ2n) is 3.87. The summed E-state index contributed by atoms with van der Waals surface area (Å²) in [5, 5.41) is 11.4. The summed E-state index contributed by atoms with van der Waals surface area (Å²) in [7, 11) is 0. The molecule has 1 aliphatic rings. The molecular formula is C16H18FeO2. The average Bonchev–Trinajstić information content (AvgIpc) is 3.09. The van der Waals surface area contributed by atoms with Crippen molar-refractivity contribution in [3.05, 3.63) is 65.5 Å². The maximum atomic E-state index is 11.4. The minimum Gasteiger partial charge on any atom is -0.875 e. The molecule has 0 amide bonds. The average molecular weight is 298 g/mol. The van der Waals surface area contributed by atoms with Crippen molar-refractivity contribution < 1.29 is 27.0 Å². The van der Waals surface area contributed by atoms with Crippen LogP contribution >= 0.6 is 0 Å². The summed E-state index contributed by atoms with van der Waals surface area (Å²) >= 11 is 0. The standard InChI is InChI=1S/C11H14O2.C5H5.Fe/c1-3-10(12)8-6-5-7-9(8)11(13)4-2;1-2-4-5-3-1;/h5-7,12H,3-4H2,1-2H3;1-5H;/q;-1;+2/p-1. The predicted molar refractivity (Wildman–Crippen MR) is 71.9 cm³/mol. The smallest absolute Gasteiger partial charge is 0.875 e. The second-order valence-corrected chi connectivity index (χ2v) is 3.87. The molecule has 2 nitrogen and oxygen atoms in total. The van der Waals surface area contributed by atoms with Crippen LogP contribution in [0.25, 0.3) is 0 Å². The van der Waals surface area contributed by atoms with Crippen LogP contribution in [0.15, 0.2) is 65.5 Å². The van der Waals surface area contributed by atoms with Crippen molar-refractivity contribution in [2.75, 3.05) is 0 Å². The third kappa shape index (κ3) is 5.37. The van der Waals surface area contributed by atoms with Crippen molar-refractivity contribution in [3.63, 3.8) is 0 Å². The third-order valence-corrected chi connectivity index (χ3v) is 2.61. The Morgan fingerprint density at radius 1 is 1.21 bits per heavy atom. The zero-order valence-electron chi connectivity index (χ0n) is 11.2. The van der Waals surface area contributed by atoms with Gasteiger partial charge in [0.15, 0.2) is 5.78 Å². The van der Waals surface area contributed by atoms with Gasteiger partial charge in [-0.05, 0) is 12.0 Å². The summed E-state index contributed by atoms with van der Waals surface area (Å²) in [6, 6.07) is 10.0. The molecule has 0 heterocycles. The molecule has 0 aromatic heterocycles. The Morgan fingerprint density at radius 3 is 2.26 bits per heavy atom. The van der Waals surface area contributed by atoms with E-state index in [1.165, 1.54) is 0 Å². The van der Waals surface area contributed by atoms with E-state index in [0.717, 1.165) is 0 Å². The van der Waals surface area contributed by atoms with E-state index >= 15 is 0 Å². The SMILES string of the molecule is CCC(=O)C1=CC=CC1=C([O-])CC.[Fe+2].c1cc[cH-]c1. The molecule has 2 rings (SSSR count). The zero-order chi connectivity index (χ0) is 13.4. The van der Waals surface area contributed by atoms with Crippen LogP contribution in [0.1, 0.15) is 26.7 Å². The summed E-state index contributed by atoms with van der Waals surface area (Å²) in [4.78, 5) is 11.4. The summed E-state index contributed by atoms with van der Waals surface area (Å²) < 4.78 is 0. The Bertz CT molecular complexity index is 448. The number of rotatable bonds is 3. The minimum absolute atomic E-state index is 0. The van der Waals surface area contributed by atoms with Crippen LogP contribution in [-0.2, 0) is 21.9 Å². The summed E-state index contributed by atoms with van der Waals surface area (Å²) in [6.45, 7) is 3.60. The van der Waals surface area contributed by atoms with E-state index in [1.54, 1.807) is 32.1 Å². The molecule has 0 saturated heterocycles. The Morgan fingerprint density at radius 2 is 1.84 bits per heavy atom. The molecule has 0 bridgehead atoms. The fourth-order valence-corrected chi connectivity index (χ4v) is 1.61. The van der Waals surface area contributed by atoms with Crippen LogP contribution in [0, 0.1) is 0 Å². The van der Waals surface area contributed by atoms with E-state index < -0.39 is 0 Å². The fraction of sp³-hybridized carbons (Fsp3) is 0.250. The van der Waals surface area contributed by atoms with E-state index in [0.29, 0.717) is 24.0 Å². The van der Waals surface area contributed by atoms with E-state index in [4.69, 9.17) is 0 Å². The molecule has 102 valence electrons. The molecule has 19 heavy (non-hydrogen) atoms. The van der Waals surface area contributed by atoms with Crippen LogP contribution in [0.5, 0.6) is 0 Å². The van der Waals surface area contributed by atoms with E-state index in [-0.39, 0.29) is 28.6 Å². The number of carbonyl (C=O) groups is 1. The quantitative estimate of drug-likeness (QED) is 0.489. The van der Waals surface area contributed by atoms with Crippen molar-refractivity contribution in [2.45, 2.75) is 26.7 Å². The van der Waals surface area contributed by atoms with E-state index in [1.807, 2.05) is 30.3 Å². The Labute approximate surface area is 125 Å². The summed E-state index contributed by atoms with van der Waals surface area (Å²) in [5.41, 5.74) is 1.16. The largest absolute Gasteiger partial charge is 2.00 e. The Kier molecular flexibility index (Phi) is 8.77. The zero-order valence-corrected chi connectivity index (χ0v) is 12.3. The molecule has 1 aromatic carbocycles. The second kappa shape index (κ2) is 9.48. The summed E-state index contributed by atoms with van der Waals surface area (Å²) in [6.07, 6.45) is 6.09. The number of Topliss-reactive ketones (excluding diaryl/α,β-unsaturated/α-hetero) is 1. The van der Waals surface area contributed by atoms with Gasteiger partial charge >= 0.3 is 17.1 Å². The van der Waals surface area contributed by atoms with Crippen LogP contribution in [0.3, 0.4) is 0 Å². The number of carbonyl (C=O) groups excluding carboxylic acids is 1. The molecule has 0 N–H and O–H groups in total. The van der Waals surface area contributed by atoms with Crippen LogP contribution in [0.2, 0.25) is 0 Å². The number of hydrogen-bond acceptors (Lipinski definition) is 2. The third-order valence-electron chi connectivity index (χ3n) is 2.61. The van der Waals surface area contributed by atoms with Gasteiger partial charge in [0.2, 0.25) is 0 Å². The number of hydrogen-bond donors (Lipinski definition) is 0. The first kappa shape index (κ1) is 17.6. The molecular weight excluding hydrogens is 280 g/mol. The van der Waals surface area contributed by atoms with Gasteiger partial charge in [-0.25, -0.2) is 12.1 Å². The monoisotopic (exact) mass is 298 g/mol. The summed E-state index contributed by atoms with van der Waals surface area (Å²) in [5.74, 6) is 0.0867.